The zero-order valence-corrected chi connectivity index (χ0v) is 19.6. The summed E-state index contributed by atoms with van der Waals surface area (Å²) < 4.78 is 32.4. The lowest BCUT2D eigenvalue weighted by Gasteiger charge is -2.26. The number of carbonyl (C=O) groups is 1. The number of carbonyl (C=O) groups excluding carboxylic acids is 1. The summed E-state index contributed by atoms with van der Waals surface area (Å²) in [5.74, 6) is -0.219. The lowest BCUT2D eigenvalue weighted by Crippen LogP contribution is -2.40. The maximum Gasteiger partial charge on any atom is 0.243 e. The van der Waals surface area contributed by atoms with Gasteiger partial charge in [-0.1, -0.05) is 36.0 Å². The van der Waals surface area contributed by atoms with Crippen LogP contribution in [0.25, 0.3) is 10.9 Å². The molecule has 1 N–H and O–H groups in total. The molecule has 1 aromatic heterocycles. The maximum absolute atomic E-state index is 12.9. The molecule has 0 spiro atoms. The monoisotopic (exact) mass is 471 g/mol. The lowest BCUT2D eigenvalue weighted by atomic mass is 10.1. The molecule has 7 nitrogen and oxygen atoms in total. The molecule has 32 heavy (non-hydrogen) atoms. The summed E-state index contributed by atoms with van der Waals surface area (Å²) in [7, 11) is -3.63. The number of aryl methyl sites for hydroxylation is 1. The third-order valence-electron chi connectivity index (χ3n) is 5.28. The van der Waals surface area contributed by atoms with Gasteiger partial charge in [-0.2, -0.15) is 4.31 Å². The first kappa shape index (κ1) is 22.7. The van der Waals surface area contributed by atoms with Crippen LogP contribution >= 0.6 is 11.8 Å². The van der Waals surface area contributed by atoms with Gasteiger partial charge < -0.3 is 10.1 Å². The zero-order chi connectivity index (χ0) is 22.7. The molecule has 3 aromatic rings. The van der Waals surface area contributed by atoms with Crippen molar-refractivity contribution in [3.05, 3.63) is 60.2 Å². The lowest BCUT2D eigenvalue weighted by molar-refractivity contribution is -0.115. The number of fused-ring (bicyclic) bond motifs is 1. The molecular formula is C23H25N3O4S2. The number of nitrogens with one attached hydrogen (secondary N) is 1. The second-order valence-corrected chi connectivity index (χ2v) is 10.9. The summed E-state index contributed by atoms with van der Waals surface area (Å²) in [6.07, 6.45) is 0. The number of hydrogen-bond acceptors (Lipinski definition) is 6. The minimum Gasteiger partial charge on any atom is -0.379 e. The topological polar surface area (TPSA) is 88.6 Å². The predicted octanol–water partition coefficient (Wildman–Crippen LogP) is 3.68. The number of anilines is 1. The van der Waals surface area contributed by atoms with E-state index in [1.807, 2.05) is 37.3 Å². The highest BCUT2D eigenvalue weighted by Gasteiger charge is 2.26. The Morgan fingerprint density at radius 1 is 1.12 bits per heavy atom. The SMILES string of the molecule is Cc1cc(SC(C)C(=O)Nc2cccc(S(=O)(=O)N3CCOCC3)c2)nc2ccccc12. The Kier molecular flexibility index (Phi) is 6.80. The molecule has 2 aromatic carbocycles. The maximum atomic E-state index is 12.9. The fraction of sp³-hybridized carbons (Fsp3) is 0.304. The van der Waals surface area contributed by atoms with Crippen molar-refractivity contribution in [3.63, 3.8) is 0 Å². The molecule has 9 heteroatoms. The molecule has 168 valence electrons. The Morgan fingerprint density at radius 2 is 1.88 bits per heavy atom. The Balaban J connectivity index is 1.46. The van der Waals surface area contributed by atoms with Crippen LogP contribution in [0.5, 0.6) is 0 Å². The van der Waals surface area contributed by atoms with Crippen LogP contribution in [0.3, 0.4) is 0 Å². The fourth-order valence-electron chi connectivity index (χ4n) is 3.53. The zero-order valence-electron chi connectivity index (χ0n) is 17.9. The number of morpholine rings is 1. The van der Waals surface area contributed by atoms with Crippen molar-refractivity contribution in [2.75, 3.05) is 31.6 Å². The molecule has 1 amide bonds. The summed E-state index contributed by atoms with van der Waals surface area (Å²) in [6, 6.07) is 16.2. The number of para-hydroxylation sites is 1. The average molecular weight is 472 g/mol. The van der Waals surface area contributed by atoms with Crippen LogP contribution in [-0.2, 0) is 19.6 Å². The molecule has 1 aliphatic heterocycles. The molecule has 2 heterocycles. The first-order chi connectivity index (χ1) is 15.3. The molecule has 1 unspecified atom stereocenters. The van der Waals surface area contributed by atoms with Crippen molar-refractivity contribution in [1.82, 2.24) is 9.29 Å². The Bertz CT molecular complexity index is 1240. The Labute approximate surface area is 192 Å². The highest BCUT2D eigenvalue weighted by atomic mass is 32.2. The van der Waals surface area contributed by atoms with Crippen LogP contribution in [0, 0.1) is 6.92 Å². The minimum atomic E-state index is -3.63. The van der Waals surface area contributed by atoms with Gasteiger partial charge in [0.1, 0.15) is 0 Å². The number of thioether (sulfide) groups is 1. The van der Waals surface area contributed by atoms with Crippen LogP contribution < -0.4 is 5.32 Å². The second kappa shape index (κ2) is 9.58. The molecule has 1 fully saturated rings. The van der Waals surface area contributed by atoms with E-state index in [1.165, 1.54) is 22.1 Å². The predicted molar refractivity (Wildman–Crippen MR) is 126 cm³/mol. The van der Waals surface area contributed by atoms with Gasteiger partial charge >= 0.3 is 0 Å². The van der Waals surface area contributed by atoms with E-state index in [1.54, 1.807) is 25.1 Å². The molecule has 0 aliphatic carbocycles. The van der Waals surface area contributed by atoms with Crippen molar-refractivity contribution in [3.8, 4) is 0 Å². The van der Waals surface area contributed by atoms with Gasteiger partial charge in [0.15, 0.2) is 0 Å². The molecule has 0 saturated carbocycles. The van der Waals surface area contributed by atoms with Crippen LogP contribution in [-0.4, -0.2) is 55.2 Å². The van der Waals surface area contributed by atoms with Crippen molar-refractivity contribution in [2.45, 2.75) is 29.0 Å². The highest BCUT2D eigenvalue weighted by molar-refractivity contribution is 8.00. The number of amides is 1. The van der Waals surface area contributed by atoms with E-state index >= 15 is 0 Å². The van der Waals surface area contributed by atoms with Gasteiger partial charge in [0, 0.05) is 24.2 Å². The van der Waals surface area contributed by atoms with E-state index in [0.717, 1.165) is 21.5 Å². The summed E-state index contributed by atoms with van der Waals surface area (Å²) in [6.45, 7) is 5.24. The van der Waals surface area contributed by atoms with Gasteiger partial charge in [-0.25, -0.2) is 13.4 Å². The van der Waals surface area contributed by atoms with Crippen molar-refractivity contribution in [1.29, 1.82) is 0 Å². The fourth-order valence-corrected chi connectivity index (χ4v) is 5.91. The smallest absolute Gasteiger partial charge is 0.243 e. The van der Waals surface area contributed by atoms with Crippen LogP contribution in [0.2, 0.25) is 0 Å². The van der Waals surface area contributed by atoms with Gasteiger partial charge in [-0.15, -0.1) is 0 Å². The van der Waals surface area contributed by atoms with E-state index in [9.17, 15) is 13.2 Å². The van der Waals surface area contributed by atoms with Crippen molar-refractivity contribution < 1.29 is 17.9 Å². The Hall–Kier alpha value is -2.46. The summed E-state index contributed by atoms with van der Waals surface area (Å²) in [5, 5.41) is 4.28. The number of pyridine rings is 1. The number of ether oxygens (including phenoxy) is 1. The van der Waals surface area contributed by atoms with E-state index in [0.29, 0.717) is 32.0 Å². The minimum absolute atomic E-state index is 0.157. The molecule has 1 atom stereocenters. The van der Waals surface area contributed by atoms with Crippen LogP contribution in [0.15, 0.2) is 64.5 Å². The summed E-state index contributed by atoms with van der Waals surface area (Å²) >= 11 is 1.37. The number of benzene rings is 2. The quantitative estimate of drug-likeness (QED) is 0.552. The van der Waals surface area contributed by atoms with Gasteiger partial charge in [-0.3, -0.25) is 4.79 Å². The third kappa shape index (κ3) is 4.96. The van der Waals surface area contributed by atoms with Gasteiger partial charge in [0.25, 0.3) is 0 Å². The van der Waals surface area contributed by atoms with Gasteiger partial charge in [-0.05, 0) is 49.7 Å². The van der Waals surface area contributed by atoms with Crippen LogP contribution in [0.1, 0.15) is 12.5 Å². The molecule has 0 radical (unpaired) electrons. The Morgan fingerprint density at radius 3 is 2.66 bits per heavy atom. The van der Waals surface area contributed by atoms with E-state index < -0.39 is 15.3 Å². The number of aromatic nitrogens is 1. The first-order valence-corrected chi connectivity index (χ1v) is 12.7. The van der Waals surface area contributed by atoms with Crippen LogP contribution in [0.4, 0.5) is 5.69 Å². The van der Waals surface area contributed by atoms with E-state index in [-0.39, 0.29) is 10.8 Å². The van der Waals surface area contributed by atoms with Crippen molar-refractivity contribution >= 4 is 44.3 Å². The number of nitrogens with zero attached hydrogens (tertiary/aromatic N) is 2. The third-order valence-corrected chi connectivity index (χ3v) is 8.19. The molecule has 1 aliphatic rings. The highest BCUT2D eigenvalue weighted by Crippen LogP contribution is 2.28. The number of sulfonamides is 1. The largest absolute Gasteiger partial charge is 0.379 e. The standard InChI is InChI=1S/C23H25N3O4S2/c1-16-14-22(25-21-9-4-3-8-20(16)21)31-17(2)23(27)24-18-6-5-7-19(15-18)32(28,29)26-10-12-30-13-11-26/h3-9,14-15,17H,10-13H2,1-2H3,(H,24,27). The summed E-state index contributed by atoms with van der Waals surface area (Å²) in [4.78, 5) is 17.6. The number of hydrogen-bond donors (Lipinski definition) is 1. The van der Waals surface area contributed by atoms with Crippen molar-refractivity contribution in [2.24, 2.45) is 0 Å². The van der Waals surface area contributed by atoms with Gasteiger partial charge in [0.05, 0.1) is 33.9 Å². The summed E-state index contributed by atoms with van der Waals surface area (Å²) in [5.41, 5.74) is 2.44. The molecule has 0 bridgehead atoms. The average Bonchev–Trinajstić information content (AvgIpc) is 2.80. The molecular weight excluding hydrogens is 446 g/mol. The van der Waals surface area contributed by atoms with E-state index in [4.69, 9.17) is 4.74 Å². The first-order valence-electron chi connectivity index (χ1n) is 10.4. The second-order valence-electron chi connectivity index (χ2n) is 7.59. The number of rotatable bonds is 6. The normalized spacial score (nSPS) is 16.1. The molecule has 4 rings (SSSR count). The molecule has 1 saturated heterocycles. The van der Waals surface area contributed by atoms with E-state index in [2.05, 4.69) is 10.3 Å². The van der Waals surface area contributed by atoms with Gasteiger partial charge in [0.2, 0.25) is 15.9 Å².